The summed E-state index contributed by atoms with van der Waals surface area (Å²) in [6.07, 6.45) is 0. The minimum absolute atomic E-state index is 0.271. The Morgan fingerprint density at radius 2 is 1.94 bits per heavy atom. The predicted octanol–water partition coefficient (Wildman–Crippen LogP) is 2.88. The molecule has 1 aromatic rings. The zero-order valence-electron chi connectivity index (χ0n) is 10.1. The Hall–Kier alpha value is -1.00. The molecule has 0 radical (unpaired) electrons. The minimum atomic E-state index is -0.271. The highest BCUT2D eigenvalue weighted by atomic mass is 32.2. The van der Waals surface area contributed by atoms with Crippen LogP contribution in [0.25, 0.3) is 0 Å². The molecular weight excluding hydrogens is 222 g/mol. The van der Waals surface area contributed by atoms with E-state index in [0.29, 0.717) is 0 Å². The first-order chi connectivity index (χ1) is 7.58. The number of hydrogen-bond donors (Lipinski definition) is 1. The van der Waals surface area contributed by atoms with Crippen molar-refractivity contribution in [2.45, 2.75) is 25.3 Å². The smallest absolute Gasteiger partial charge is 0.371 e. The van der Waals surface area contributed by atoms with Gasteiger partial charge in [0.05, 0.1) is 7.11 Å². The van der Waals surface area contributed by atoms with Crippen LogP contribution in [-0.2, 0) is 11.3 Å². The summed E-state index contributed by atoms with van der Waals surface area (Å²) in [6.45, 7) is 4.86. The summed E-state index contributed by atoms with van der Waals surface area (Å²) in [5, 5.41) is 2.84. The molecule has 0 aromatic heterocycles. The van der Waals surface area contributed by atoms with E-state index in [-0.39, 0.29) is 5.30 Å². The van der Waals surface area contributed by atoms with Crippen molar-refractivity contribution in [3.8, 4) is 0 Å². The second kappa shape index (κ2) is 5.92. The van der Waals surface area contributed by atoms with Gasteiger partial charge in [0.1, 0.15) is 0 Å². The zero-order valence-corrected chi connectivity index (χ0v) is 10.9. The Morgan fingerprint density at radius 1 is 1.38 bits per heavy atom. The van der Waals surface area contributed by atoms with E-state index < -0.39 is 0 Å². The van der Waals surface area contributed by atoms with Crippen molar-refractivity contribution in [3.63, 3.8) is 0 Å². The van der Waals surface area contributed by atoms with E-state index in [0.717, 1.165) is 34.3 Å². The first kappa shape index (κ1) is 13.1. The Balaban J connectivity index is 2.98. The van der Waals surface area contributed by atoms with Crippen LogP contribution < -0.4 is 5.32 Å². The maximum absolute atomic E-state index is 11.2. The van der Waals surface area contributed by atoms with Crippen molar-refractivity contribution in [1.82, 2.24) is 5.32 Å². The van der Waals surface area contributed by atoms with Gasteiger partial charge in [-0.3, -0.25) is 0 Å². The summed E-state index contributed by atoms with van der Waals surface area (Å²) in [5.74, 6) is 0. The standard InChI is InChI=1S/C12H17NO2S/c1-8-5-10(7-13-3)6-9(2)11(8)16-12(14)15-4/h5-6,13H,7H2,1-4H3. The first-order valence-electron chi connectivity index (χ1n) is 5.09. The molecule has 1 rings (SSSR count). The minimum Gasteiger partial charge on any atom is -0.461 e. The maximum Gasteiger partial charge on any atom is 0.371 e. The van der Waals surface area contributed by atoms with Gasteiger partial charge >= 0.3 is 5.30 Å². The Kier molecular flexibility index (Phi) is 4.83. The number of carbonyl (C=O) groups excluding carboxylic acids is 1. The highest BCUT2D eigenvalue weighted by molar-refractivity contribution is 8.13. The number of methoxy groups -OCH3 is 1. The normalized spacial score (nSPS) is 10.2. The topological polar surface area (TPSA) is 38.3 Å². The molecule has 0 unspecified atom stereocenters. The van der Waals surface area contributed by atoms with E-state index in [1.54, 1.807) is 0 Å². The monoisotopic (exact) mass is 239 g/mol. The fraction of sp³-hybridized carbons (Fsp3) is 0.417. The van der Waals surface area contributed by atoms with Crippen molar-refractivity contribution < 1.29 is 9.53 Å². The van der Waals surface area contributed by atoms with Crippen molar-refractivity contribution >= 4 is 17.1 Å². The molecule has 3 nitrogen and oxygen atoms in total. The summed E-state index contributed by atoms with van der Waals surface area (Å²) < 4.78 is 4.65. The summed E-state index contributed by atoms with van der Waals surface area (Å²) in [6, 6.07) is 4.18. The van der Waals surface area contributed by atoms with Gasteiger partial charge in [-0.1, -0.05) is 12.1 Å². The summed E-state index contributed by atoms with van der Waals surface area (Å²) in [4.78, 5) is 12.2. The molecule has 0 fully saturated rings. The van der Waals surface area contributed by atoms with Gasteiger partial charge in [-0.2, -0.15) is 0 Å². The van der Waals surface area contributed by atoms with Crippen molar-refractivity contribution in [2.24, 2.45) is 0 Å². The third-order valence-electron chi connectivity index (χ3n) is 2.25. The van der Waals surface area contributed by atoms with Crippen molar-refractivity contribution in [2.75, 3.05) is 14.2 Å². The molecule has 88 valence electrons. The molecule has 0 atom stereocenters. The molecule has 0 bridgehead atoms. The highest BCUT2D eigenvalue weighted by Gasteiger charge is 2.10. The van der Waals surface area contributed by atoms with Crippen molar-refractivity contribution in [1.29, 1.82) is 0 Å². The van der Waals surface area contributed by atoms with E-state index in [1.807, 2.05) is 20.9 Å². The number of ether oxygens (including phenoxy) is 1. The molecule has 0 aliphatic rings. The van der Waals surface area contributed by atoms with Gasteiger partial charge in [0.25, 0.3) is 0 Å². The maximum atomic E-state index is 11.2. The summed E-state index contributed by atoms with van der Waals surface area (Å²) >= 11 is 1.14. The quantitative estimate of drug-likeness (QED) is 0.650. The number of thioether (sulfide) groups is 1. The molecule has 0 aliphatic carbocycles. The lowest BCUT2D eigenvalue weighted by molar-refractivity contribution is 0.200. The van der Waals surface area contributed by atoms with Crippen LogP contribution in [0.5, 0.6) is 0 Å². The number of carbonyl (C=O) groups is 1. The largest absolute Gasteiger partial charge is 0.461 e. The second-order valence-electron chi connectivity index (χ2n) is 3.65. The lowest BCUT2D eigenvalue weighted by Gasteiger charge is -2.10. The first-order valence-corrected chi connectivity index (χ1v) is 5.90. The Labute approximate surface area is 101 Å². The van der Waals surface area contributed by atoms with Gasteiger partial charge in [0.2, 0.25) is 0 Å². The molecule has 0 amide bonds. The third kappa shape index (κ3) is 3.25. The van der Waals surface area contributed by atoms with Crippen LogP contribution in [0.15, 0.2) is 17.0 Å². The predicted molar refractivity (Wildman–Crippen MR) is 66.9 cm³/mol. The molecule has 0 saturated carbocycles. The van der Waals surface area contributed by atoms with Crippen LogP contribution >= 0.6 is 11.8 Å². The zero-order chi connectivity index (χ0) is 12.1. The fourth-order valence-electron chi connectivity index (χ4n) is 1.63. The highest BCUT2D eigenvalue weighted by Crippen LogP contribution is 2.28. The molecule has 0 spiro atoms. The van der Waals surface area contributed by atoms with Crippen LogP contribution in [0.1, 0.15) is 16.7 Å². The molecule has 0 aliphatic heterocycles. The van der Waals surface area contributed by atoms with E-state index in [4.69, 9.17) is 0 Å². The lowest BCUT2D eigenvalue weighted by Crippen LogP contribution is -2.06. The average Bonchev–Trinajstić information content (AvgIpc) is 2.23. The van der Waals surface area contributed by atoms with E-state index >= 15 is 0 Å². The molecule has 16 heavy (non-hydrogen) atoms. The van der Waals surface area contributed by atoms with Gasteiger partial charge in [-0.05, 0) is 49.3 Å². The van der Waals surface area contributed by atoms with Gasteiger partial charge in [0, 0.05) is 11.4 Å². The van der Waals surface area contributed by atoms with Gasteiger partial charge in [0.15, 0.2) is 0 Å². The number of nitrogens with one attached hydrogen (secondary N) is 1. The molecule has 0 saturated heterocycles. The molecule has 1 aromatic carbocycles. The van der Waals surface area contributed by atoms with Crippen LogP contribution in [0, 0.1) is 13.8 Å². The van der Waals surface area contributed by atoms with Crippen LogP contribution in [-0.4, -0.2) is 19.5 Å². The molecule has 1 N–H and O–H groups in total. The molecule has 4 heteroatoms. The van der Waals surface area contributed by atoms with Gasteiger partial charge < -0.3 is 10.1 Å². The van der Waals surface area contributed by atoms with Gasteiger partial charge in [-0.15, -0.1) is 0 Å². The van der Waals surface area contributed by atoms with Crippen LogP contribution in [0.4, 0.5) is 4.79 Å². The number of rotatable bonds is 3. The number of aryl methyl sites for hydroxylation is 2. The number of hydrogen-bond acceptors (Lipinski definition) is 4. The summed E-state index contributed by atoms with van der Waals surface area (Å²) in [7, 11) is 3.32. The Bertz CT molecular complexity index is 368. The SMILES string of the molecule is CNCc1cc(C)c(SC(=O)OC)c(C)c1. The van der Waals surface area contributed by atoms with Crippen LogP contribution in [0.3, 0.4) is 0 Å². The lowest BCUT2D eigenvalue weighted by atomic mass is 10.1. The molecule has 0 heterocycles. The Morgan fingerprint density at radius 3 is 2.38 bits per heavy atom. The second-order valence-corrected chi connectivity index (χ2v) is 4.59. The summed E-state index contributed by atoms with van der Waals surface area (Å²) in [5.41, 5.74) is 3.45. The average molecular weight is 239 g/mol. The van der Waals surface area contributed by atoms with Gasteiger partial charge in [-0.25, -0.2) is 4.79 Å². The van der Waals surface area contributed by atoms with E-state index in [1.165, 1.54) is 12.7 Å². The third-order valence-corrected chi connectivity index (χ3v) is 3.43. The fourth-order valence-corrected chi connectivity index (χ4v) is 2.32. The van der Waals surface area contributed by atoms with Crippen LogP contribution in [0.2, 0.25) is 0 Å². The van der Waals surface area contributed by atoms with E-state index in [2.05, 4.69) is 22.2 Å². The van der Waals surface area contributed by atoms with E-state index in [9.17, 15) is 4.79 Å². The van der Waals surface area contributed by atoms with Crippen molar-refractivity contribution in [3.05, 3.63) is 28.8 Å². The number of benzene rings is 1. The molecular formula is C12H17NO2S.